The maximum atomic E-state index is 13.7. The van der Waals surface area contributed by atoms with Crippen molar-refractivity contribution in [3.05, 3.63) is 47.5 Å². The second-order valence-corrected chi connectivity index (χ2v) is 11.6. The number of hydrogen-bond acceptors (Lipinski definition) is 7. The number of ether oxygens (including phenoxy) is 1. The fourth-order valence-electron chi connectivity index (χ4n) is 6.69. The topological polar surface area (TPSA) is 66.7 Å². The second-order valence-electron chi connectivity index (χ2n) is 11.6. The van der Waals surface area contributed by atoms with Gasteiger partial charge in [-0.05, 0) is 68.9 Å². The van der Waals surface area contributed by atoms with Gasteiger partial charge in [0.2, 0.25) is 0 Å². The van der Waals surface area contributed by atoms with Crippen molar-refractivity contribution in [2.24, 2.45) is 0 Å². The number of halogens is 1. The molecule has 4 heterocycles. The molecule has 3 aromatic rings. The third kappa shape index (κ3) is 4.69. The van der Waals surface area contributed by atoms with Crippen molar-refractivity contribution in [1.82, 2.24) is 24.6 Å². The van der Waals surface area contributed by atoms with Crippen LogP contribution in [0.25, 0.3) is 16.7 Å². The van der Waals surface area contributed by atoms with Gasteiger partial charge in [0.1, 0.15) is 5.82 Å². The number of rotatable bonds is 6. The molecule has 9 heteroatoms. The van der Waals surface area contributed by atoms with E-state index < -0.39 is 5.97 Å². The van der Waals surface area contributed by atoms with Gasteiger partial charge >= 0.3 is 5.97 Å². The fourth-order valence-corrected chi connectivity index (χ4v) is 6.69. The van der Waals surface area contributed by atoms with Gasteiger partial charge in [0.25, 0.3) is 0 Å². The summed E-state index contributed by atoms with van der Waals surface area (Å²) in [5.41, 5.74) is 3.71. The maximum Gasteiger partial charge on any atom is 0.356 e. The summed E-state index contributed by atoms with van der Waals surface area (Å²) in [4.78, 5) is 25.3. The number of benzene rings is 1. The molecule has 206 valence electrons. The number of hydrogen-bond donors (Lipinski definition) is 0. The summed E-state index contributed by atoms with van der Waals surface area (Å²) in [6, 6.07) is 9.67. The Bertz CT molecular complexity index is 1350. The van der Waals surface area contributed by atoms with Crippen molar-refractivity contribution in [3.63, 3.8) is 0 Å². The molecule has 39 heavy (non-hydrogen) atoms. The average molecular weight is 533 g/mol. The highest BCUT2D eigenvalue weighted by Gasteiger charge is 2.35. The summed E-state index contributed by atoms with van der Waals surface area (Å²) in [6.07, 6.45) is 8.36. The summed E-state index contributed by atoms with van der Waals surface area (Å²) in [6.45, 7) is 6.60. The molecule has 0 amide bonds. The zero-order valence-corrected chi connectivity index (χ0v) is 22.7. The summed E-state index contributed by atoms with van der Waals surface area (Å²) in [5, 5.41) is 6.07. The molecule has 4 fully saturated rings. The Hall–Kier alpha value is -3.04. The van der Waals surface area contributed by atoms with E-state index in [-0.39, 0.29) is 11.5 Å². The van der Waals surface area contributed by atoms with E-state index in [1.807, 2.05) is 6.07 Å². The molecule has 7 rings (SSSR count). The number of anilines is 1. The van der Waals surface area contributed by atoms with Crippen LogP contribution in [-0.2, 0) is 4.74 Å². The van der Waals surface area contributed by atoms with Crippen LogP contribution in [0.3, 0.4) is 0 Å². The van der Waals surface area contributed by atoms with Crippen LogP contribution in [0.2, 0.25) is 0 Å². The van der Waals surface area contributed by atoms with Gasteiger partial charge in [0.15, 0.2) is 11.3 Å². The number of nitrogens with zero attached hydrogens (tertiary/aromatic N) is 6. The first-order valence-electron chi connectivity index (χ1n) is 14.6. The molecule has 0 unspecified atom stereocenters. The third-order valence-corrected chi connectivity index (χ3v) is 9.34. The minimum atomic E-state index is -0.460. The first-order chi connectivity index (χ1) is 19.1. The van der Waals surface area contributed by atoms with Crippen molar-refractivity contribution in [2.75, 3.05) is 51.3 Å². The summed E-state index contributed by atoms with van der Waals surface area (Å²) < 4.78 is 20.6. The van der Waals surface area contributed by atoms with Gasteiger partial charge in [-0.1, -0.05) is 6.42 Å². The first kappa shape index (κ1) is 25.0. The lowest BCUT2D eigenvalue weighted by molar-refractivity contribution is 0.0594. The Morgan fingerprint density at radius 3 is 2.10 bits per heavy atom. The molecule has 2 aromatic heterocycles. The number of fused-ring (bicyclic) bond motifs is 1. The number of methoxy groups -OCH3 is 1. The number of piperidine rings is 1. The highest BCUT2D eigenvalue weighted by molar-refractivity contribution is 5.99. The molecule has 0 spiro atoms. The van der Waals surface area contributed by atoms with E-state index in [0.29, 0.717) is 17.6 Å². The second kappa shape index (κ2) is 10.2. The smallest absolute Gasteiger partial charge is 0.356 e. The molecule has 2 aliphatic heterocycles. The lowest BCUT2D eigenvalue weighted by Crippen LogP contribution is -2.53. The maximum absolute atomic E-state index is 13.7. The van der Waals surface area contributed by atoms with Crippen LogP contribution >= 0.6 is 0 Å². The van der Waals surface area contributed by atoms with Crippen molar-refractivity contribution >= 4 is 22.7 Å². The number of pyridine rings is 1. The predicted octanol–water partition coefficient (Wildman–Crippen LogP) is 4.36. The lowest BCUT2D eigenvalue weighted by atomic mass is 9.82. The van der Waals surface area contributed by atoms with Crippen molar-refractivity contribution in [2.45, 2.75) is 62.9 Å². The van der Waals surface area contributed by atoms with Crippen molar-refractivity contribution in [1.29, 1.82) is 0 Å². The molecular weight excluding hydrogens is 495 g/mol. The summed E-state index contributed by atoms with van der Waals surface area (Å²) >= 11 is 0. The SMILES string of the molecule is COC(=O)c1cc(N2CCC(N3CCN(C4CC4)CC3)CC2)c2c(C3CCC3)nn(-c3ccc(F)cc3)c2n1. The Morgan fingerprint density at radius 1 is 0.897 bits per heavy atom. The van der Waals surface area contributed by atoms with Crippen LogP contribution in [0.5, 0.6) is 0 Å². The highest BCUT2D eigenvalue weighted by Crippen LogP contribution is 2.43. The van der Waals surface area contributed by atoms with Gasteiger partial charge in [-0.2, -0.15) is 5.10 Å². The van der Waals surface area contributed by atoms with Crippen LogP contribution in [0, 0.1) is 5.82 Å². The third-order valence-electron chi connectivity index (χ3n) is 9.34. The van der Waals surface area contributed by atoms with Crippen LogP contribution in [-0.4, -0.2) is 89.0 Å². The molecule has 0 bridgehead atoms. The number of piperazine rings is 1. The van der Waals surface area contributed by atoms with Crippen LogP contribution in [0.15, 0.2) is 30.3 Å². The summed E-state index contributed by atoms with van der Waals surface area (Å²) in [7, 11) is 1.39. The van der Waals surface area contributed by atoms with Gasteiger partial charge in [-0.25, -0.2) is 18.9 Å². The van der Waals surface area contributed by atoms with Gasteiger partial charge in [-0.15, -0.1) is 0 Å². The van der Waals surface area contributed by atoms with E-state index in [0.717, 1.165) is 67.3 Å². The Balaban J connectivity index is 1.22. The lowest BCUT2D eigenvalue weighted by Gasteiger charge is -2.43. The predicted molar refractivity (Wildman–Crippen MR) is 148 cm³/mol. The molecule has 2 saturated heterocycles. The highest BCUT2D eigenvalue weighted by atomic mass is 19.1. The van der Waals surface area contributed by atoms with E-state index in [1.54, 1.807) is 16.8 Å². The van der Waals surface area contributed by atoms with Crippen LogP contribution in [0.4, 0.5) is 10.1 Å². The normalized spacial score (nSPS) is 21.8. The van der Waals surface area contributed by atoms with Gasteiger partial charge in [0.05, 0.1) is 29.6 Å². The van der Waals surface area contributed by atoms with E-state index in [2.05, 4.69) is 14.7 Å². The molecule has 0 radical (unpaired) electrons. The number of aromatic nitrogens is 3. The fraction of sp³-hybridized carbons (Fsp3) is 0.567. The number of carbonyl (C=O) groups is 1. The van der Waals surface area contributed by atoms with Gasteiger partial charge in [0, 0.05) is 57.3 Å². The molecule has 8 nitrogen and oxygen atoms in total. The molecule has 1 aromatic carbocycles. The van der Waals surface area contributed by atoms with Crippen molar-refractivity contribution < 1.29 is 13.9 Å². The molecule has 2 saturated carbocycles. The van der Waals surface area contributed by atoms with Crippen LogP contribution in [0.1, 0.15) is 67.0 Å². The monoisotopic (exact) mass is 532 g/mol. The van der Waals surface area contributed by atoms with Crippen LogP contribution < -0.4 is 4.90 Å². The molecular formula is C30H37FN6O2. The van der Waals surface area contributed by atoms with E-state index in [4.69, 9.17) is 14.8 Å². The zero-order chi connectivity index (χ0) is 26.5. The average Bonchev–Trinajstić information content (AvgIpc) is 3.74. The standard InChI is InChI=1S/C30H37FN6O2/c1-39-30(38)25-19-26(36-13-11-23(12-14-36)35-17-15-34(16-18-35)22-9-10-22)27-28(20-3-2-4-20)33-37(29(27)32-25)24-7-5-21(31)6-8-24/h5-8,19-20,22-23H,2-4,9-18H2,1H3. The molecule has 4 aliphatic rings. The summed E-state index contributed by atoms with van der Waals surface area (Å²) in [5.74, 6) is -0.382. The minimum absolute atomic E-state index is 0.279. The first-order valence-corrected chi connectivity index (χ1v) is 14.6. The zero-order valence-electron chi connectivity index (χ0n) is 22.7. The minimum Gasteiger partial charge on any atom is -0.464 e. The van der Waals surface area contributed by atoms with Gasteiger partial charge < -0.3 is 9.64 Å². The molecule has 0 atom stereocenters. The Labute approximate surface area is 228 Å². The number of carbonyl (C=O) groups excluding carboxylic acids is 1. The van der Waals surface area contributed by atoms with Gasteiger partial charge in [-0.3, -0.25) is 9.80 Å². The van der Waals surface area contributed by atoms with E-state index in [1.165, 1.54) is 64.7 Å². The molecule has 2 aliphatic carbocycles. The largest absolute Gasteiger partial charge is 0.464 e. The Kier molecular flexibility index (Phi) is 6.51. The van der Waals surface area contributed by atoms with E-state index in [9.17, 15) is 9.18 Å². The quantitative estimate of drug-likeness (QED) is 0.437. The Morgan fingerprint density at radius 2 is 1.54 bits per heavy atom. The molecule has 0 N–H and O–H groups in total. The number of esters is 1. The van der Waals surface area contributed by atoms with Crippen molar-refractivity contribution in [3.8, 4) is 5.69 Å². The van der Waals surface area contributed by atoms with E-state index >= 15 is 0 Å².